The van der Waals surface area contributed by atoms with Crippen LogP contribution in [0, 0.1) is 11.3 Å². The third-order valence-corrected chi connectivity index (χ3v) is 3.47. The number of nitrogens with one attached hydrogen (secondary N) is 1. The van der Waals surface area contributed by atoms with Gasteiger partial charge in [-0.15, -0.1) is 0 Å². The summed E-state index contributed by atoms with van der Waals surface area (Å²) in [4.78, 5) is 23.0. The van der Waals surface area contributed by atoms with Gasteiger partial charge >= 0.3 is 5.97 Å². The van der Waals surface area contributed by atoms with E-state index in [9.17, 15) is 14.7 Å². The SMILES string of the molecule is CCC(CC)(CNC(=O)[C@H](N)CC(C)C)C(=O)O. The molecule has 0 aromatic carbocycles. The molecule has 1 atom stereocenters. The highest BCUT2D eigenvalue weighted by atomic mass is 16.4. The molecule has 0 rings (SSSR count). The van der Waals surface area contributed by atoms with Gasteiger partial charge in [-0.3, -0.25) is 9.59 Å². The molecule has 5 heteroatoms. The number of carbonyl (C=O) groups excluding carboxylic acids is 1. The van der Waals surface area contributed by atoms with Crippen LogP contribution in [-0.2, 0) is 9.59 Å². The summed E-state index contributed by atoms with van der Waals surface area (Å²) in [6, 6.07) is -0.565. The van der Waals surface area contributed by atoms with E-state index in [1.54, 1.807) is 0 Å². The molecule has 0 aliphatic rings. The van der Waals surface area contributed by atoms with Crippen molar-refractivity contribution >= 4 is 11.9 Å². The predicted molar refractivity (Wildman–Crippen MR) is 71.1 cm³/mol. The molecule has 0 radical (unpaired) electrons. The second-order valence-corrected chi connectivity index (χ2v) is 5.25. The van der Waals surface area contributed by atoms with Crippen molar-refractivity contribution in [2.45, 2.75) is 53.0 Å². The van der Waals surface area contributed by atoms with E-state index < -0.39 is 17.4 Å². The Labute approximate surface area is 109 Å². The molecule has 18 heavy (non-hydrogen) atoms. The second-order valence-electron chi connectivity index (χ2n) is 5.25. The molecule has 0 aromatic rings. The highest BCUT2D eigenvalue weighted by Crippen LogP contribution is 2.25. The fraction of sp³-hybridized carbons (Fsp3) is 0.846. The maximum atomic E-state index is 11.8. The standard InChI is InChI=1S/C13H26N2O3/c1-5-13(6-2,12(17)18)8-15-11(16)10(14)7-9(3)4/h9-10H,5-8,14H2,1-4H3,(H,15,16)(H,17,18)/t10-/m1/s1. The molecule has 0 heterocycles. The van der Waals surface area contributed by atoms with Crippen molar-refractivity contribution < 1.29 is 14.7 Å². The van der Waals surface area contributed by atoms with Crippen LogP contribution in [0.5, 0.6) is 0 Å². The normalized spacial score (nSPS) is 13.4. The monoisotopic (exact) mass is 258 g/mol. The average Bonchev–Trinajstić information content (AvgIpc) is 2.29. The van der Waals surface area contributed by atoms with Crippen LogP contribution < -0.4 is 11.1 Å². The highest BCUT2D eigenvalue weighted by molar-refractivity contribution is 5.82. The van der Waals surface area contributed by atoms with Gasteiger partial charge < -0.3 is 16.2 Å². The minimum absolute atomic E-state index is 0.139. The summed E-state index contributed by atoms with van der Waals surface area (Å²) in [5.41, 5.74) is 4.87. The van der Waals surface area contributed by atoms with Crippen molar-refractivity contribution in [1.82, 2.24) is 5.32 Å². The first-order valence-corrected chi connectivity index (χ1v) is 6.55. The smallest absolute Gasteiger partial charge is 0.311 e. The van der Waals surface area contributed by atoms with Crippen LogP contribution in [0.2, 0.25) is 0 Å². The molecule has 4 N–H and O–H groups in total. The Hall–Kier alpha value is -1.10. The molecule has 5 nitrogen and oxygen atoms in total. The van der Waals surface area contributed by atoms with Gasteiger partial charge in [0.05, 0.1) is 11.5 Å². The van der Waals surface area contributed by atoms with Crippen molar-refractivity contribution in [3.8, 4) is 0 Å². The average molecular weight is 258 g/mol. The van der Waals surface area contributed by atoms with Gasteiger partial charge in [-0.05, 0) is 25.2 Å². The van der Waals surface area contributed by atoms with Crippen molar-refractivity contribution in [2.24, 2.45) is 17.1 Å². The number of rotatable bonds is 8. The maximum Gasteiger partial charge on any atom is 0.311 e. The molecule has 0 saturated carbocycles. The predicted octanol–water partition coefficient (Wildman–Crippen LogP) is 1.37. The molecule has 106 valence electrons. The quantitative estimate of drug-likeness (QED) is 0.613. The molecule has 0 spiro atoms. The van der Waals surface area contributed by atoms with Crippen LogP contribution in [0.25, 0.3) is 0 Å². The lowest BCUT2D eigenvalue weighted by Crippen LogP contribution is -2.48. The minimum atomic E-state index is -0.882. The third kappa shape index (κ3) is 4.64. The maximum absolute atomic E-state index is 11.8. The first-order chi connectivity index (χ1) is 8.29. The largest absolute Gasteiger partial charge is 0.481 e. The Bertz CT molecular complexity index is 286. The molecule has 0 aromatic heterocycles. The summed E-state index contributed by atoms with van der Waals surface area (Å²) < 4.78 is 0. The van der Waals surface area contributed by atoms with Crippen molar-refractivity contribution in [1.29, 1.82) is 0 Å². The van der Waals surface area contributed by atoms with Crippen molar-refractivity contribution in [2.75, 3.05) is 6.54 Å². The van der Waals surface area contributed by atoms with Crippen molar-refractivity contribution in [3.63, 3.8) is 0 Å². The van der Waals surface area contributed by atoms with Crippen LogP contribution in [0.1, 0.15) is 47.0 Å². The number of carbonyl (C=O) groups is 2. The van der Waals surface area contributed by atoms with Crippen LogP contribution >= 0.6 is 0 Å². The summed E-state index contributed by atoms with van der Waals surface area (Å²) >= 11 is 0. The van der Waals surface area contributed by atoms with Crippen LogP contribution in [0.3, 0.4) is 0 Å². The van der Waals surface area contributed by atoms with Gasteiger partial charge in [-0.25, -0.2) is 0 Å². The Morgan fingerprint density at radius 1 is 1.28 bits per heavy atom. The molecule has 0 saturated heterocycles. The number of hydrogen-bond acceptors (Lipinski definition) is 3. The summed E-state index contributed by atoms with van der Waals surface area (Å²) in [6.45, 7) is 7.76. The molecule has 0 aliphatic carbocycles. The Balaban J connectivity index is 4.45. The van der Waals surface area contributed by atoms with Crippen LogP contribution in [-0.4, -0.2) is 29.6 Å². The zero-order valence-electron chi connectivity index (χ0n) is 11.8. The minimum Gasteiger partial charge on any atom is -0.481 e. The number of carboxylic acids is 1. The molecule has 0 aliphatic heterocycles. The number of nitrogens with two attached hydrogens (primary N) is 1. The van der Waals surface area contributed by atoms with Gasteiger partial charge in [0.1, 0.15) is 0 Å². The number of aliphatic carboxylic acids is 1. The van der Waals surface area contributed by atoms with E-state index in [2.05, 4.69) is 5.32 Å². The lowest BCUT2D eigenvalue weighted by Gasteiger charge is -2.27. The van der Waals surface area contributed by atoms with Crippen molar-refractivity contribution in [3.05, 3.63) is 0 Å². The second kappa shape index (κ2) is 7.36. The number of hydrogen-bond donors (Lipinski definition) is 3. The fourth-order valence-electron chi connectivity index (χ4n) is 1.88. The van der Waals surface area contributed by atoms with E-state index in [0.29, 0.717) is 25.2 Å². The fourth-order valence-corrected chi connectivity index (χ4v) is 1.88. The van der Waals surface area contributed by atoms with Gasteiger partial charge in [-0.1, -0.05) is 27.7 Å². The first kappa shape index (κ1) is 16.9. The van der Waals surface area contributed by atoms with Gasteiger partial charge in [0.15, 0.2) is 0 Å². The Morgan fingerprint density at radius 3 is 2.11 bits per heavy atom. The zero-order chi connectivity index (χ0) is 14.3. The highest BCUT2D eigenvalue weighted by Gasteiger charge is 2.35. The van der Waals surface area contributed by atoms with Gasteiger partial charge in [0.2, 0.25) is 5.91 Å². The van der Waals surface area contributed by atoms with E-state index in [1.165, 1.54) is 0 Å². The Kier molecular flexibility index (Phi) is 6.91. The molecule has 0 fully saturated rings. The summed E-state index contributed by atoms with van der Waals surface area (Å²) in [5.74, 6) is -0.797. The molecule has 0 bridgehead atoms. The molecule has 0 unspecified atom stereocenters. The molecule has 1 amide bonds. The van der Waals surface area contributed by atoms with Gasteiger partial charge in [-0.2, -0.15) is 0 Å². The van der Waals surface area contributed by atoms with E-state index in [4.69, 9.17) is 5.73 Å². The number of carboxylic acid groups (broad SMARTS) is 1. The Morgan fingerprint density at radius 2 is 1.78 bits per heavy atom. The zero-order valence-corrected chi connectivity index (χ0v) is 11.8. The number of amides is 1. The van der Waals surface area contributed by atoms with Gasteiger partial charge in [0, 0.05) is 6.54 Å². The van der Waals surface area contributed by atoms with Crippen LogP contribution in [0.4, 0.5) is 0 Å². The van der Waals surface area contributed by atoms with Crippen LogP contribution in [0.15, 0.2) is 0 Å². The molecular weight excluding hydrogens is 232 g/mol. The van der Waals surface area contributed by atoms with E-state index in [0.717, 1.165) is 0 Å². The van der Waals surface area contributed by atoms with Gasteiger partial charge in [0.25, 0.3) is 0 Å². The summed E-state index contributed by atoms with van der Waals surface area (Å²) in [5, 5.41) is 11.9. The topological polar surface area (TPSA) is 92.4 Å². The lowest BCUT2D eigenvalue weighted by atomic mass is 9.82. The van der Waals surface area contributed by atoms with E-state index in [-0.39, 0.29) is 12.5 Å². The van der Waals surface area contributed by atoms with E-state index >= 15 is 0 Å². The first-order valence-electron chi connectivity index (χ1n) is 6.55. The summed E-state index contributed by atoms with van der Waals surface area (Å²) in [7, 11) is 0. The summed E-state index contributed by atoms with van der Waals surface area (Å²) in [6.07, 6.45) is 1.57. The lowest BCUT2D eigenvalue weighted by molar-refractivity contribution is -0.149. The molecular formula is C13H26N2O3. The third-order valence-electron chi connectivity index (χ3n) is 3.47. The van der Waals surface area contributed by atoms with E-state index in [1.807, 2.05) is 27.7 Å².